The van der Waals surface area contributed by atoms with Crippen molar-refractivity contribution < 1.29 is 22.3 Å². The van der Waals surface area contributed by atoms with Crippen molar-refractivity contribution in [2.24, 2.45) is 0 Å². The molecule has 1 aliphatic rings. The van der Waals surface area contributed by atoms with Gasteiger partial charge in [0, 0.05) is 14.4 Å². The fraction of sp³-hybridized carbons (Fsp3) is 0.419. The van der Waals surface area contributed by atoms with E-state index in [4.69, 9.17) is 0 Å². The molecule has 1 aliphatic heterocycles. The molecule has 0 amide bonds. The Morgan fingerprint density at radius 2 is 1.46 bits per heavy atom. The van der Waals surface area contributed by atoms with Crippen molar-refractivity contribution in [3.8, 4) is 16.9 Å². The molecule has 1 heterocycles. The van der Waals surface area contributed by atoms with Gasteiger partial charge in [0.05, 0.1) is 0 Å². The molecular weight excluding hydrogens is 492 g/mol. The smallest absolute Gasteiger partial charge is 0.406 e. The third-order valence-electron chi connectivity index (χ3n) is 7.65. The van der Waals surface area contributed by atoms with Gasteiger partial charge in [-0.2, -0.15) is 0 Å². The van der Waals surface area contributed by atoms with E-state index < -0.39 is 15.2 Å². The first-order chi connectivity index (χ1) is 17.8. The molecule has 0 aromatic heterocycles. The van der Waals surface area contributed by atoms with Crippen molar-refractivity contribution in [2.45, 2.75) is 82.3 Å². The lowest BCUT2D eigenvalue weighted by atomic mass is 9.91. The molecule has 37 heavy (non-hydrogen) atoms. The number of aryl methyl sites for hydroxylation is 2. The zero-order valence-corrected chi connectivity index (χ0v) is 22.7. The molecule has 3 aromatic carbocycles. The van der Waals surface area contributed by atoms with Gasteiger partial charge >= 0.3 is 6.36 Å². The minimum absolute atomic E-state index is 0.159. The summed E-state index contributed by atoms with van der Waals surface area (Å²) in [5.74, 6) is 0.120. The lowest BCUT2D eigenvalue weighted by molar-refractivity contribution is -0.274. The summed E-state index contributed by atoms with van der Waals surface area (Å²) < 4.78 is 56.0. The Hall–Kier alpha value is -2.60. The Bertz CT molecular complexity index is 1120. The van der Waals surface area contributed by atoms with Gasteiger partial charge in [0.15, 0.2) is 0 Å². The van der Waals surface area contributed by atoms with Gasteiger partial charge in [-0.15, -0.1) is 13.2 Å². The van der Waals surface area contributed by atoms with Crippen LogP contribution in [-0.2, 0) is 12.8 Å². The second-order valence-electron chi connectivity index (χ2n) is 10.3. The van der Waals surface area contributed by atoms with Crippen LogP contribution in [0.15, 0.2) is 66.7 Å². The lowest BCUT2D eigenvalue weighted by Gasteiger charge is -2.28. The van der Waals surface area contributed by atoms with Crippen LogP contribution in [0.2, 0.25) is 18.1 Å². The number of hydrogen-bond donors (Lipinski definition) is 0. The van der Waals surface area contributed by atoms with Crippen LogP contribution in [-0.4, -0.2) is 15.2 Å². The van der Waals surface area contributed by atoms with Crippen LogP contribution in [0.4, 0.5) is 17.6 Å². The van der Waals surface area contributed by atoms with Crippen molar-refractivity contribution >= 4 is 8.80 Å². The van der Waals surface area contributed by atoms with Gasteiger partial charge in [-0.1, -0.05) is 92.8 Å². The summed E-state index contributed by atoms with van der Waals surface area (Å²) in [6.45, 7) is 2.26. The van der Waals surface area contributed by atoms with Crippen LogP contribution in [0.5, 0.6) is 5.75 Å². The highest BCUT2D eigenvalue weighted by Gasteiger charge is 2.31. The van der Waals surface area contributed by atoms with E-state index in [1.54, 1.807) is 18.2 Å². The molecule has 0 spiro atoms. The predicted octanol–water partition coefficient (Wildman–Crippen LogP) is 9.47. The van der Waals surface area contributed by atoms with Crippen LogP contribution in [0.3, 0.4) is 0 Å². The maximum atomic E-state index is 15.1. The molecule has 3 aromatic rings. The van der Waals surface area contributed by atoms with Gasteiger partial charge in [-0.25, -0.2) is 4.39 Å². The molecule has 0 unspecified atom stereocenters. The number of ether oxygens (including phenoxy) is 1. The molecule has 0 bridgehead atoms. The highest BCUT2D eigenvalue weighted by Crippen LogP contribution is 2.37. The third-order valence-corrected chi connectivity index (χ3v) is 11.2. The Labute approximate surface area is 219 Å². The molecule has 6 heteroatoms. The molecule has 0 saturated carbocycles. The van der Waals surface area contributed by atoms with Crippen molar-refractivity contribution in [2.75, 3.05) is 0 Å². The first kappa shape index (κ1) is 27.4. The van der Waals surface area contributed by atoms with Crippen LogP contribution < -0.4 is 4.74 Å². The van der Waals surface area contributed by atoms with Crippen LogP contribution in [0, 0.1) is 5.82 Å². The van der Waals surface area contributed by atoms with E-state index >= 15 is 4.39 Å². The summed E-state index contributed by atoms with van der Waals surface area (Å²) in [5.41, 5.74) is 4.64. The molecule has 1 fully saturated rings. The van der Waals surface area contributed by atoms with E-state index in [-0.39, 0.29) is 11.6 Å². The van der Waals surface area contributed by atoms with E-state index in [1.807, 2.05) is 30.3 Å². The summed E-state index contributed by atoms with van der Waals surface area (Å²) in [7, 11) is -0.573. The summed E-state index contributed by atoms with van der Waals surface area (Å²) in [6, 6.07) is 23.9. The molecule has 0 N–H and O–H groups in total. The third kappa shape index (κ3) is 8.19. The van der Waals surface area contributed by atoms with Gasteiger partial charge in [-0.05, 0) is 72.1 Å². The van der Waals surface area contributed by atoms with E-state index in [1.165, 1.54) is 62.4 Å². The summed E-state index contributed by atoms with van der Waals surface area (Å²) in [6.07, 6.45) is 3.23. The van der Waals surface area contributed by atoms with Gasteiger partial charge < -0.3 is 4.74 Å². The topological polar surface area (TPSA) is 9.23 Å². The molecule has 0 atom stereocenters. The number of halogens is 4. The van der Waals surface area contributed by atoms with Crippen LogP contribution in [0.25, 0.3) is 11.1 Å². The van der Waals surface area contributed by atoms with Crippen molar-refractivity contribution in [3.05, 3.63) is 89.2 Å². The van der Waals surface area contributed by atoms with E-state index in [2.05, 4.69) is 17.7 Å². The van der Waals surface area contributed by atoms with E-state index in [0.717, 1.165) is 28.7 Å². The molecule has 4 rings (SSSR count). The summed E-state index contributed by atoms with van der Waals surface area (Å²) in [4.78, 5) is 0. The Morgan fingerprint density at radius 3 is 2.03 bits per heavy atom. The minimum Gasteiger partial charge on any atom is -0.406 e. The average Bonchev–Trinajstić information content (AvgIpc) is 2.88. The number of unbranched alkanes of at least 4 members (excludes halogenated alkanes) is 2. The van der Waals surface area contributed by atoms with E-state index in [9.17, 15) is 13.2 Å². The lowest BCUT2D eigenvalue weighted by Crippen LogP contribution is -2.20. The molecular formula is C31H36F4OSi. The second kappa shape index (κ2) is 12.8. The standard InChI is InChI=1S/C31H36F4OSi/c1-2-3-4-19-37-20-17-25(18-21-37)27-13-16-29(30(32)22-27)26-11-7-23(8-12-26)5-6-24-9-14-28(15-10-24)36-31(33,34)35/h7-16,22,25,37H,2-6,17-21H2,1H3/t25-,37-. The van der Waals surface area contributed by atoms with Gasteiger partial charge in [0.1, 0.15) is 11.6 Å². The Morgan fingerprint density at radius 1 is 0.838 bits per heavy atom. The van der Waals surface area contributed by atoms with Gasteiger partial charge in [0.2, 0.25) is 0 Å². The Kier molecular flexibility index (Phi) is 9.47. The maximum absolute atomic E-state index is 15.1. The Balaban J connectivity index is 1.30. The zero-order valence-electron chi connectivity index (χ0n) is 21.5. The zero-order chi connectivity index (χ0) is 26.3. The van der Waals surface area contributed by atoms with Crippen LogP contribution >= 0.6 is 0 Å². The first-order valence-corrected chi connectivity index (χ1v) is 16.0. The molecule has 198 valence electrons. The number of rotatable bonds is 10. The predicted molar refractivity (Wildman–Crippen MR) is 145 cm³/mol. The fourth-order valence-corrected chi connectivity index (χ4v) is 8.96. The van der Waals surface area contributed by atoms with Crippen molar-refractivity contribution in [1.29, 1.82) is 0 Å². The molecule has 0 aliphatic carbocycles. The SMILES string of the molecule is CCCCC[Si@H]1CC[C@H](c2ccc(-c3ccc(CCc4ccc(OC(F)(F)F)cc4)cc3)c(F)c2)CC1. The fourth-order valence-electron chi connectivity index (χ4n) is 5.48. The normalized spacial score (nSPS) is 18.1. The second-order valence-corrected chi connectivity index (χ2v) is 13.8. The van der Waals surface area contributed by atoms with Crippen LogP contribution in [0.1, 0.15) is 61.6 Å². The number of benzene rings is 3. The summed E-state index contributed by atoms with van der Waals surface area (Å²) in [5, 5.41) is 0. The van der Waals surface area contributed by atoms with Gasteiger partial charge in [-0.3, -0.25) is 0 Å². The molecule has 0 radical (unpaired) electrons. The van der Waals surface area contributed by atoms with E-state index in [0.29, 0.717) is 17.9 Å². The summed E-state index contributed by atoms with van der Waals surface area (Å²) >= 11 is 0. The van der Waals surface area contributed by atoms with Gasteiger partial charge in [0.25, 0.3) is 0 Å². The largest absolute Gasteiger partial charge is 0.573 e. The molecule has 1 saturated heterocycles. The highest BCUT2D eigenvalue weighted by molar-refractivity contribution is 6.59. The number of alkyl halides is 3. The van der Waals surface area contributed by atoms with Crippen molar-refractivity contribution in [1.82, 2.24) is 0 Å². The monoisotopic (exact) mass is 528 g/mol. The van der Waals surface area contributed by atoms with Crippen molar-refractivity contribution in [3.63, 3.8) is 0 Å². The molecule has 1 nitrogen and oxygen atoms in total. The highest BCUT2D eigenvalue weighted by atomic mass is 28.3. The number of hydrogen-bond acceptors (Lipinski definition) is 1. The minimum atomic E-state index is -4.68. The first-order valence-electron chi connectivity index (χ1n) is 13.5. The maximum Gasteiger partial charge on any atom is 0.573 e. The average molecular weight is 529 g/mol. The quantitative estimate of drug-likeness (QED) is 0.145.